The van der Waals surface area contributed by atoms with Gasteiger partial charge in [-0.1, -0.05) is 12.1 Å². The number of para-hydroxylation sites is 1. The number of carboxylic acid groups (broad SMARTS) is 1. The van der Waals surface area contributed by atoms with Crippen LogP contribution in [0.15, 0.2) is 18.2 Å². The Kier molecular flexibility index (Phi) is 2.26. The highest BCUT2D eigenvalue weighted by atomic mass is 16.5. The number of carbonyl (C=O) groups is 1. The monoisotopic (exact) mass is 208 g/mol. The van der Waals surface area contributed by atoms with E-state index in [9.17, 15) is 4.79 Å². The van der Waals surface area contributed by atoms with Crippen LogP contribution in [0.3, 0.4) is 0 Å². The summed E-state index contributed by atoms with van der Waals surface area (Å²) in [4.78, 5) is 11.1. The lowest BCUT2D eigenvalue weighted by Crippen LogP contribution is -2.21. The number of fused-ring (bicyclic) bond motifs is 1. The summed E-state index contributed by atoms with van der Waals surface area (Å²) in [5.74, 6) is -0.326. The predicted octanol–water partition coefficient (Wildman–Crippen LogP) is 1.64. The molecule has 2 rings (SSSR count). The fourth-order valence-corrected chi connectivity index (χ4v) is 1.91. The Balaban J connectivity index is 2.51. The lowest BCUT2D eigenvalue weighted by Gasteiger charge is -2.08. The molecule has 1 N–H and O–H groups in total. The molecule has 0 saturated carbocycles. The number of ether oxygens (including phenoxy) is 2. The Hall–Kier alpha value is -1.71. The van der Waals surface area contributed by atoms with Gasteiger partial charge in [-0.05, 0) is 13.0 Å². The molecule has 0 radical (unpaired) electrons. The zero-order valence-corrected chi connectivity index (χ0v) is 8.56. The topological polar surface area (TPSA) is 55.8 Å². The Labute approximate surface area is 87.4 Å². The van der Waals surface area contributed by atoms with E-state index in [0.29, 0.717) is 17.1 Å². The fourth-order valence-electron chi connectivity index (χ4n) is 1.91. The van der Waals surface area contributed by atoms with Gasteiger partial charge >= 0.3 is 5.97 Å². The third-order valence-electron chi connectivity index (χ3n) is 2.60. The predicted molar refractivity (Wildman–Crippen MR) is 53.5 cm³/mol. The van der Waals surface area contributed by atoms with E-state index in [1.54, 1.807) is 25.1 Å². The molecule has 15 heavy (non-hydrogen) atoms. The lowest BCUT2D eigenvalue weighted by molar-refractivity contribution is -0.140. The maximum atomic E-state index is 11.1. The second-order valence-corrected chi connectivity index (χ2v) is 3.52. The maximum Gasteiger partial charge on any atom is 0.314 e. The number of hydrogen-bond acceptors (Lipinski definition) is 3. The highest BCUT2D eigenvalue weighted by molar-refractivity contribution is 5.80. The molecule has 2 unspecified atom stereocenters. The number of rotatable bonds is 2. The molecule has 4 nitrogen and oxygen atoms in total. The molecule has 1 aliphatic rings. The van der Waals surface area contributed by atoms with Crippen molar-refractivity contribution in [3.63, 3.8) is 0 Å². The number of hydrogen-bond donors (Lipinski definition) is 1. The van der Waals surface area contributed by atoms with E-state index in [0.717, 1.165) is 0 Å². The van der Waals surface area contributed by atoms with Crippen molar-refractivity contribution in [2.45, 2.75) is 18.9 Å². The van der Waals surface area contributed by atoms with Gasteiger partial charge in [-0.25, -0.2) is 0 Å². The summed E-state index contributed by atoms with van der Waals surface area (Å²) < 4.78 is 10.6. The van der Waals surface area contributed by atoms with Crippen LogP contribution in [0, 0.1) is 0 Å². The van der Waals surface area contributed by atoms with Gasteiger partial charge in [0.25, 0.3) is 0 Å². The number of methoxy groups -OCH3 is 1. The summed E-state index contributed by atoms with van der Waals surface area (Å²) in [6.07, 6.45) is -0.353. The van der Waals surface area contributed by atoms with Crippen LogP contribution >= 0.6 is 0 Å². The van der Waals surface area contributed by atoms with Crippen LogP contribution in [0.2, 0.25) is 0 Å². The number of carboxylic acids is 1. The smallest absolute Gasteiger partial charge is 0.314 e. The highest BCUT2D eigenvalue weighted by Gasteiger charge is 2.38. The van der Waals surface area contributed by atoms with Crippen LogP contribution in [0.5, 0.6) is 11.5 Å². The molecule has 1 aromatic carbocycles. The standard InChI is InChI=1S/C11H12O4/c1-6-9(11(12)13)7-4-3-5-8(14-2)10(7)15-6/h3-6,9H,1-2H3,(H,12,13). The minimum atomic E-state index is -0.866. The molecule has 0 amide bonds. The van der Waals surface area contributed by atoms with Crippen LogP contribution in [-0.2, 0) is 4.79 Å². The fraction of sp³-hybridized carbons (Fsp3) is 0.364. The van der Waals surface area contributed by atoms with Gasteiger partial charge in [0.05, 0.1) is 7.11 Å². The van der Waals surface area contributed by atoms with E-state index in [1.165, 1.54) is 7.11 Å². The molecule has 0 aromatic heterocycles. The molecule has 0 bridgehead atoms. The molecule has 0 saturated heterocycles. The lowest BCUT2D eigenvalue weighted by atomic mass is 9.96. The number of aliphatic carboxylic acids is 1. The van der Waals surface area contributed by atoms with E-state index in [4.69, 9.17) is 14.6 Å². The van der Waals surface area contributed by atoms with Crippen LogP contribution in [0.1, 0.15) is 18.4 Å². The molecule has 80 valence electrons. The van der Waals surface area contributed by atoms with Gasteiger partial charge in [0.1, 0.15) is 12.0 Å². The SMILES string of the molecule is COc1cccc2c1OC(C)C2C(=O)O. The Morgan fingerprint density at radius 3 is 2.87 bits per heavy atom. The summed E-state index contributed by atoms with van der Waals surface area (Å²) in [6, 6.07) is 5.30. The zero-order chi connectivity index (χ0) is 11.0. The summed E-state index contributed by atoms with van der Waals surface area (Å²) in [5, 5.41) is 9.07. The highest BCUT2D eigenvalue weighted by Crippen LogP contribution is 2.44. The van der Waals surface area contributed by atoms with Crippen molar-refractivity contribution in [2.24, 2.45) is 0 Å². The Bertz CT molecular complexity index is 400. The molecule has 1 aromatic rings. The first-order valence-electron chi connectivity index (χ1n) is 4.71. The van der Waals surface area contributed by atoms with Crippen molar-refractivity contribution in [2.75, 3.05) is 7.11 Å². The van der Waals surface area contributed by atoms with Crippen molar-refractivity contribution in [1.82, 2.24) is 0 Å². The van der Waals surface area contributed by atoms with Crippen molar-refractivity contribution < 1.29 is 19.4 Å². The molecule has 0 aliphatic carbocycles. The largest absolute Gasteiger partial charge is 0.493 e. The van der Waals surface area contributed by atoms with Gasteiger partial charge in [-0.2, -0.15) is 0 Å². The van der Waals surface area contributed by atoms with Gasteiger partial charge in [-0.3, -0.25) is 4.79 Å². The third-order valence-corrected chi connectivity index (χ3v) is 2.60. The molecule has 0 fully saturated rings. The van der Waals surface area contributed by atoms with Gasteiger partial charge in [-0.15, -0.1) is 0 Å². The molecule has 4 heteroatoms. The van der Waals surface area contributed by atoms with Crippen molar-refractivity contribution in [3.8, 4) is 11.5 Å². The van der Waals surface area contributed by atoms with Crippen molar-refractivity contribution in [3.05, 3.63) is 23.8 Å². The van der Waals surface area contributed by atoms with E-state index in [-0.39, 0.29) is 6.10 Å². The van der Waals surface area contributed by atoms with Crippen LogP contribution in [-0.4, -0.2) is 24.3 Å². The molecule has 1 aliphatic heterocycles. The van der Waals surface area contributed by atoms with Crippen molar-refractivity contribution in [1.29, 1.82) is 0 Å². The summed E-state index contributed by atoms with van der Waals surface area (Å²) in [6.45, 7) is 1.75. The first-order chi connectivity index (χ1) is 7.15. The Morgan fingerprint density at radius 1 is 1.53 bits per heavy atom. The molecular weight excluding hydrogens is 196 g/mol. The molecule has 0 spiro atoms. The van der Waals surface area contributed by atoms with E-state index in [2.05, 4.69) is 0 Å². The normalized spacial score (nSPS) is 23.1. The van der Waals surface area contributed by atoms with Crippen LogP contribution in [0.25, 0.3) is 0 Å². The Morgan fingerprint density at radius 2 is 2.27 bits per heavy atom. The zero-order valence-electron chi connectivity index (χ0n) is 8.56. The van der Waals surface area contributed by atoms with E-state index < -0.39 is 11.9 Å². The third kappa shape index (κ3) is 1.42. The second-order valence-electron chi connectivity index (χ2n) is 3.52. The molecule has 1 heterocycles. The summed E-state index contributed by atoms with van der Waals surface area (Å²) in [7, 11) is 1.54. The average molecular weight is 208 g/mol. The average Bonchev–Trinajstić information content (AvgIpc) is 2.53. The van der Waals surface area contributed by atoms with E-state index >= 15 is 0 Å². The number of benzene rings is 1. The minimum Gasteiger partial charge on any atom is -0.493 e. The van der Waals surface area contributed by atoms with Crippen molar-refractivity contribution >= 4 is 5.97 Å². The van der Waals surface area contributed by atoms with Gasteiger partial charge < -0.3 is 14.6 Å². The van der Waals surface area contributed by atoms with E-state index in [1.807, 2.05) is 0 Å². The van der Waals surface area contributed by atoms with Gasteiger partial charge in [0, 0.05) is 5.56 Å². The summed E-state index contributed by atoms with van der Waals surface area (Å²) in [5.41, 5.74) is 0.689. The van der Waals surface area contributed by atoms with Gasteiger partial charge in [0.2, 0.25) is 0 Å². The first-order valence-corrected chi connectivity index (χ1v) is 4.71. The van der Waals surface area contributed by atoms with Crippen LogP contribution < -0.4 is 9.47 Å². The minimum absolute atomic E-state index is 0.353. The van der Waals surface area contributed by atoms with Crippen LogP contribution in [0.4, 0.5) is 0 Å². The summed E-state index contributed by atoms with van der Waals surface area (Å²) >= 11 is 0. The maximum absolute atomic E-state index is 11.1. The molecular formula is C11H12O4. The quantitative estimate of drug-likeness (QED) is 0.802. The molecule has 2 atom stereocenters. The first kappa shape index (κ1) is 9.83. The second kappa shape index (κ2) is 3.46. The van der Waals surface area contributed by atoms with Gasteiger partial charge in [0.15, 0.2) is 11.5 Å².